The van der Waals surface area contributed by atoms with Crippen LogP contribution in [0.3, 0.4) is 0 Å². The van der Waals surface area contributed by atoms with E-state index < -0.39 is 28.8 Å². The highest BCUT2D eigenvalue weighted by atomic mass is 19.2. The second-order valence-electron chi connectivity index (χ2n) is 4.77. The Kier molecular flexibility index (Phi) is 5.56. The largest absolute Gasteiger partial charge is 0.481 e. The Morgan fingerprint density at radius 2 is 1.70 bits per heavy atom. The molecule has 0 amide bonds. The fraction of sp³-hybridized carbons (Fsp3) is 0.500. The lowest BCUT2D eigenvalue weighted by atomic mass is 9.82. The molecule has 0 atom stereocenters. The molecule has 0 aliphatic heterocycles. The first-order valence-corrected chi connectivity index (χ1v) is 6.43. The van der Waals surface area contributed by atoms with Crippen molar-refractivity contribution in [3.8, 4) is 0 Å². The number of nitrogens with one attached hydrogen (secondary N) is 1. The number of hydrogen-bond acceptors (Lipinski definition) is 2. The van der Waals surface area contributed by atoms with Gasteiger partial charge in [-0.3, -0.25) is 4.79 Å². The average Bonchev–Trinajstić information content (AvgIpc) is 2.41. The van der Waals surface area contributed by atoms with Gasteiger partial charge < -0.3 is 10.4 Å². The van der Waals surface area contributed by atoms with E-state index in [4.69, 9.17) is 0 Å². The molecule has 112 valence electrons. The van der Waals surface area contributed by atoms with E-state index >= 15 is 0 Å². The predicted molar refractivity (Wildman–Crippen MR) is 68.7 cm³/mol. The van der Waals surface area contributed by atoms with E-state index in [1.165, 1.54) is 0 Å². The van der Waals surface area contributed by atoms with E-state index in [0.717, 1.165) is 12.1 Å². The van der Waals surface area contributed by atoms with E-state index in [9.17, 15) is 23.1 Å². The minimum atomic E-state index is -1.50. The molecule has 20 heavy (non-hydrogen) atoms. The molecule has 0 saturated carbocycles. The maximum Gasteiger partial charge on any atom is 0.310 e. The molecule has 3 nitrogen and oxygen atoms in total. The predicted octanol–water partition coefficient (Wildman–Crippen LogP) is 3.08. The van der Waals surface area contributed by atoms with Crippen LogP contribution in [0, 0.1) is 22.9 Å². The molecule has 0 aliphatic carbocycles. The summed E-state index contributed by atoms with van der Waals surface area (Å²) >= 11 is 0. The topological polar surface area (TPSA) is 49.3 Å². The minimum absolute atomic E-state index is 0.0726. The number of benzene rings is 1. The van der Waals surface area contributed by atoms with Gasteiger partial charge in [-0.05, 0) is 30.5 Å². The van der Waals surface area contributed by atoms with Crippen LogP contribution in [0.4, 0.5) is 13.2 Å². The van der Waals surface area contributed by atoms with Crippen LogP contribution in [0.5, 0.6) is 0 Å². The zero-order valence-electron chi connectivity index (χ0n) is 11.5. The summed E-state index contributed by atoms with van der Waals surface area (Å²) in [5.41, 5.74) is -0.676. The third kappa shape index (κ3) is 3.50. The van der Waals surface area contributed by atoms with Gasteiger partial charge in [0.05, 0.1) is 5.41 Å². The first-order chi connectivity index (χ1) is 9.36. The second-order valence-corrected chi connectivity index (χ2v) is 4.77. The van der Waals surface area contributed by atoms with Gasteiger partial charge in [-0.1, -0.05) is 13.8 Å². The molecule has 1 aromatic carbocycles. The molecule has 0 aromatic heterocycles. The Morgan fingerprint density at radius 1 is 1.20 bits per heavy atom. The molecule has 1 aromatic rings. The van der Waals surface area contributed by atoms with Gasteiger partial charge in [-0.25, -0.2) is 13.2 Å². The number of aliphatic carboxylic acids is 1. The molecular weight excluding hydrogens is 271 g/mol. The molecule has 2 N–H and O–H groups in total. The standard InChI is InChI=1S/C14H18F3NO2/c1-3-14(4-2,13(19)20)8-18-7-9-5-10(15)12(17)11(16)6-9/h5-6,18H,3-4,7-8H2,1-2H3,(H,19,20). The van der Waals surface area contributed by atoms with Crippen LogP contribution < -0.4 is 5.32 Å². The number of carboxylic acid groups (broad SMARTS) is 1. The Morgan fingerprint density at radius 3 is 2.10 bits per heavy atom. The fourth-order valence-corrected chi connectivity index (χ4v) is 2.03. The van der Waals surface area contributed by atoms with Crippen molar-refractivity contribution in [2.24, 2.45) is 5.41 Å². The molecule has 0 heterocycles. The number of rotatable bonds is 7. The zero-order chi connectivity index (χ0) is 15.3. The van der Waals surface area contributed by atoms with Crippen LogP contribution in [-0.4, -0.2) is 17.6 Å². The third-order valence-electron chi connectivity index (χ3n) is 3.64. The maximum atomic E-state index is 13.0. The van der Waals surface area contributed by atoms with E-state index in [-0.39, 0.29) is 18.7 Å². The molecular formula is C14H18F3NO2. The van der Waals surface area contributed by atoms with Crippen molar-refractivity contribution in [1.82, 2.24) is 5.32 Å². The highest BCUT2D eigenvalue weighted by molar-refractivity contribution is 5.74. The van der Waals surface area contributed by atoms with Crippen LogP contribution >= 0.6 is 0 Å². The summed E-state index contributed by atoms with van der Waals surface area (Å²) in [7, 11) is 0. The maximum absolute atomic E-state index is 13.0. The van der Waals surface area contributed by atoms with E-state index in [0.29, 0.717) is 12.8 Å². The van der Waals surface area contributed by atoms with Crippen molar-refractivity contribution in [1.29, 1.82) is 0 Å². The number of hydrogen-bond donors (Lipinski definition) is 2. The lowest BCUT2D eigenvalue weighted by molar-refractivity contribution is -0.149. The molecule has 0 bridgehead atoms. The first-order valence-electron chi connectivity index (χ1n) is 6.43. The van der Waals surface area contributed by atoms with Crippen LogP contribution in [0.25, 0.3) is 0 Å². The summed E-state index contributed by atoms with van der Waals surface area (Å²) in [5, 5.41) is 12.1. The smallest absolute Gasteiger partial charge is 0.310 e. The number of carboxylic acids is 1. The lowest BCUT2D eigenvalue weighted by Crippen LogP contribution is -2.40. The molecule has 6 heteroatoms. The summed E-state index contributed by atoms with van der Waals surface area (Å²) in [6.07, 6.45) is 0.885. The Balaban J connectivity index is 2.71. The number of carbonyl (C=O) groups is 1. The summed E-state index contributed by atoms with van der Waals surface area (Å²) < 4.78 is 38.8. The molecule has 0 saturated heterocycles. The van der Waals surface area contributed by atoms with E-state index in [1.807, 2.05) is 0 Å². The van der Waals surface area contributed by atoms with Gasteiger partial charge in [0.1, 0.15) is 0 Å². The van der Waals surface area contributed by atoms with Gasteiger partial charge in [0.2, 0.25) is 0 Å². The number of halogens is 3. The minimum Gasteiger partial charge on any atom is -0.481 e. The van der Waals surface area contributed by atoms with E-state index in [1.54, 1.807) is 13.8 Å². The molecule has 0 spiro atoms. The van der Waals surface area contributed by atoms with Crippen LogP contribution in [0.1, 0.15) is 32.3 Å². The van der Waals surface area contributed by atoms with Crippen LogP contribution in [-0.2, 0) is 11.3 Å². The molecule has 1 rings (SSSR count). The van der Waals surface area contributed by atoms with Crippen molar-refractivity contribution < 1.29 is 23.1 Å². The van der Waals surface area contributed by atoms with Crippen molar-refractivity contribution >= 4 is 5.97 Å². The van der Waals surface area contributed by atoms with Crippen LogP contribution in [0.15, 0.2) is 12.1 Å². The highest BCUT2D eigenvalue weighted by Crippen LogP contribution is 2.25. The van der Waals surface area contributed by atoms with Gasteiger partial charge in [0.15, 0.2) is 17.5 Å². The van der Waals surface area contributed by atoms with Gasteiger partial charge in [-0.15, -0.1) is 0 Å². The highest BCUT2D eigenvalue weighted by Gasteiger charge is 2.34. The Hall–Kier alpha value is -1.56. The van der Waals surface area contributed by atoms with Gasteiger partial charge >= 0.3 is 5.97 Å². The SMILES string of the molecule is CCC(CC)(CNCc1cc(F)c(F)c(F)c1)C(=O)O. The fourth-order valence-electron chi connectivity index (χ4n) is 2.03. The van der Waals surface area contributed by atoms with E-state index in [2.05, 4.69) is 5.32 Å². The summed E-state index contributed by atoms with van der Waals surface area (Å²) in [6.45, 7) is 3.80. The molecule has 0 aliphatic rings. The second kappa shape index (κ2) is 6.74. The van der Waals surface area contributed by atoms with Crippen LogP contribution in [0.2, 0.25) is 0 Å². The van der Waals surface area contributed by atoms with Crippen molar-refractivity contribution in [3.05, 3.63) is 35.1 Å². The molecule has 0 radical (unpaired) electrons. The summed E-state index contributed by atoms with van der Waals surface area (Å²) in [4.78, 5) is 11.3. The van der Waals surface area contributed by atoms with Crippen molar-refractivity contribution in [2.45, 2.75) is 33.2 Å². The van der Waals surface area contributed by atoms with Crippen molar-refractivity contribution in [3.63, 3.8) is 0 Å². The quantitative estimate of drug-likeness (QED) is 0.758. The zero-order valence-corrected chi connectivity index (χ0v) is 11.5. The lowest BCUT2D eigenvalue weighted by Gasteiger charge is -2.27. The Labute approximate surface area is 115 Å². The average molecular weight is 289 g/mol. The van der Waals surface area contributed by atoms with Gasteiger partial charge in [0.25, 0.3) is 0 Å². The Bertz CT molecular complexity index is 464. The first kappa shape index (κ1) is 16.5. The van der Waals surface area contributed by atoms with Gasteiger partial charge in [0, 0.05) is 13.1 Å². The summed E-state index contributed by atoms with van der Waals surface area (Å²) in [5.74, 6) is -4.92. The normalized spacial score (nSPS) is 11.7. The summed E-state index contributed by atoms with van der Waals surface area (Å²) in [6, 6.07) is 1.79. The monoisotopic (exact) mass is 289 g/mol. The molecule has 0 unspecified atom stereocenters. The molecule has 0 fully saturated rings. The third-order valence-corrected chi connectivity index (χ3v) is 3.64. The van der Waals surface area contributed by atoms with Gasteiger partial charge in [-0.2, -0.15) is 0 Å². The van der Waals surface area contributed by atoms with Crippen molar-refractivity contribution in [2.75, 3.05) is 6.54 Å².